The molecular weight excluding hydrogens is 494 g/mol. The monoisotopic (exact) mass is 521 g/mol. The van der Waals surface area contributed by atoms with Gasteiger partial charge in [0.15, 0.2) is 0 Å². The Kier molecular flexibility index (Phi) is 10.5. The lowest BCUT2D eigenvalue weighted by Crippen LogP contribution is -2.63. The molecular formula is C23H27N3O11. The van der Waals surface area contributed by atoms with E-state index < -0.39 is 73.2 Å². The Hall–Kier alpha value is -4.49. The van der Waals surface area contributed by atoms with Crippen LogP contribution < -0.4 is 5.32 Å². The fourth-order valence-corrected chi connectivity index (χ4v) is 3.66. The first-order chi connectivity index (χ1) is 17.5. The van der Waals surface area contributed by atoms with Gasteiger partial charge in [-0.1, -0.05) is 30.3 Å². The smallest absolute Gasteiger partial charge is 0.407 e. The predicted molar refractivity (Wildman–Crippen MR) is 122 cm³/mol. The number of carboxylic acids is 3. The highest BCUT2D eigenvalue weighted by Gasteiger charge is 2.48. The molecule has 14 nitrogen and oxygen atoms in total. The van der Waals surface area contributed by atoms with Crippen LogP contribution in [0.25, 0.3) is 0 Å². The van der Waals surface area contributed by atoms with Crippen LogP contribution in [-0.2, 0) is 35.3 Å². The maximum absolute atomic E-state index is 12.9. The molecule has 1 saturated heterocycles. The summed E-state index contributed by atoms with van der Waals surface area (Å²) in [7, 11) is 0. The summed E-state index contributed by atoms with van der Waals surface area (Å²) in [5.41, 5.74) is 0.790. The van der Waals surface area contributed by atoms with E-state index in [1.165, 1.54) is 0 Å². The largest absolute Gasteiger partial charge is 0.481 e. The number of rotatable bonds is 14. The molecule has 0 radical (unpaired) electrons. The summed E-state index contributed by atoms with van der Waals surface area (Å²) >= 11 is 0. The number of unbranched alkanes of at least 4 members (excludes halogenated alkanes) is 1. The highest BCUT2D eigenvalue weighted by atomic mass is 16.5. The van der Waals surface area contributed by atoms with Crippen molar-refractivity contribution in [1.82, 2.24) is 15.1 Å². The molecule has 0 spiro atoms. The number of ether oxygens (including phenoxy) is 1. The van der Waals surface area contributed by atoms with Crippen molar-refractivity contribution in [2.75, 3.05) is 6.54 Å². The zero-order chi connectivity index (χ0) is 27.5. The number of carbonyl (C=O) groups excluding carboxylic acids is 4. The molecule has 14 heteroatoms. The summed E-state index contributed by atoms with van der Waals surface area (Å²) in [6, 6.07) is 3.94. The number of nitrogens with zero attached hydrogens (tertiary/aromatic N) is 2. The average molecular weight is 521 g/mol. The van der Waals surface area contributed by atoms with Crippen molar-refractivity contribution >= 4 is 41.8 Å². The molecule has 0 unspecified atom stereocenters. The Morgan fingerprint density at radius 3 is 1.97 bits per heavy atom. The SMILES string of the molecule is O=C(O)CC[C@@H](C(=O)O)N1C(=O)CC(=O)N([C@@H](CCCCNC(=O)OCc2ccccc2)C(=O)O)C1=O. The molecule has 0 aromatic heterocycles. The Morgan fingerprint density at radius 1 is 0.865 bits per heavy atom. The maximum atomic E-state index is 12.9. The third-order valence-electron chi connectivity index (χ3n) is 5.46. The summed E-state index contributed by atoms with van der Waals surface area (Å²) in [5, 5.41) is 30.4. The van der Waals surface area contributed by atoms with Crippen LogP contribution in [0, 0.1) is 0 Å². The molecule has 1 aromatic carbocycles. The summed E-state index contributed by atoms with van der Waals surface area (Å²) in [4.78, 5) is 84.3. The van der Waals surface area contributed by atoms with Crippen LogP contribution in [0.5, 0.6) is 0 Å². The summed E-state index contributed by atoms with van der Waals surface area (Å²) in [5.74, 6) is -6.86. The van der Waals surface area contributed by atoms with Gasteiger partial charge in [-0.05, 0) is 31.2 Å². The highest BCUT2D eigenvalue weighted by Crippen LogP contribution is 2.23. The quantitative estimate of drug-likeness (QED) is 0.201. The van der Waals surface area contributed by atoms with Crippen LogP contribution in [0.4, 0.5) is 9.59 Å². The maximum Gasteiger partial charge on any atom is 0.407 e. The zero-order valence-corrected chi connectivity index (χ0v) is 19.7. The molecule has 200 valence electrons. The van der Waals surface area contributed by atoms with E-state index >= 15 is 0 Å². The molecule has 4 N–H and O–H groups in total. The fourth-order valence-electron chi connectivity index (χ4n) is 3.66. The van der Waals surface area contributed by atoms with E-state index in [9.17, 15) is 43.8 Å². The molecule has 0 bridgehead atoms. The van der Waals surface area contributed by atoms with Gasteiger partial charge in [-0.15, -0.1) is 0 Å². The lowest BCUT2D eigenvalue weighted by atomic mass is 10.0. The van der Waals surface area contributed by atoms with Crippen LogP contribution in [0.2, 0.25) is 0 Å². The first-order valence-corrected chi connectivity index (χ1v) is 11.3. The number of amides is 5. The second-order valence-electron chi connectivity index (χ2n) is 8.11. The van der Waals surface area contributed by atoms with Crippen molar-refractivity contribution in [3.63, 3.8) is 0 Å². The molecule has 1 heterocycles. The van der Waals surface area contributed by atoms with E-state index in [-0.39, 0.29) is 37.3 Å². The number of carbonyl (C=O) groups is 7. The van der Waals surface area contributed by atoms with Crippen molar-refractivity contribution in [3.8, 4) is 0 Å². The van der Waals surface area contributed by atoms with Crippen molar-refractivity contribution in [2.24, 2.45) is 0 Å². The van der Waals surface area contributed by atoms with Gasteiger partial charge in [0.05, 0.1) is 0 Å². The van der Waals surface area contributed by atoms with Gasteiger partial charge in [0, 0.05) is 13.0 Å². The molecule has 1 aliphatic heterocycles. The van der Waals surface area contributed by atoms with Crippen LogP contribution >= 0.6 is 0 Å². The summed E-state index contributed by atoms with van der Waals surface area (Å²) < 4.78 is 5.05. The van der Waals surface area contributed by atoms with Crippen molar-refractivity contribution in [2.45, 2.75) is 57.2 Å². The van der Waals surface area contributed by atoms with Crippen LogP contribution in [0.3, 0.4) is 0 Å². The second kappa shape index (κ2) is 13.6. The number of benzene rings is 1. The van der Waals surface area contributed by atoms with Gasteiger partial charge in [0.25, 0.3) is 0 Å². The Balaban J connectivity index is 1.95. The molecule has 0 aliphatic carbocycles. The highest BCUT2D eigenvalue weighted by molar-refractivity contribution is 6.16. The number of hydrogen-bond donors (Lipinski definition) is 4. The molecule has 1 fully saturated rings. The number of imide groups is 2. The molecule has 37 heavy (non-hydrogen) atoms. The van der Waals surface area contributed by atoms with E-state index in [0.717, 1.165) is 5.56 Å². The van der Waals surface area contributed by atoms with Gasteiger partial charge in [-0.3, -0.25) is 14.4 Å². The van der Waals surface area contributed by atoms with E-state index in [4.69, 9.17) is 9.84 Å². The first-order valence-electron chi connectivity index (χ1n) is 11.3. The molecule has 0 saturated carbocycles. The Labute approximate surface area is 210 Å². The van der Waals surface area contributed by atoms with Crippen LogP contribution in [0.15, 0.2) is 30.3 Å². The van der Waals surface area contributed by atoms with Gasteiger partial charge in [0.2, 0.25) is 11.8 Å². The van der Waals surface area contributed by atoms with E-state index in [2.05, 4.69) is 5.32 Å². The number of nitrogens with one attached hydrogen (secondary N) is 1. The molecule has 1 aliphatic rings. The zero-order valence-electron chi connectivity index (χ0n) is 19.7. The van der Waals surface area contributed by atoms with Crippen molar-refractivity contribution in [3.05, 3.63) is 35.9 Å². The van der Waals surface area contributed by atoms with E-state index in [0.29, 0.717) is 4.90 Å². The lowest BCUT2D eigenvalue weighted by molar-refractivity contribution is -0.158. The Morgan fingerprint density at radius 2 is 1.43 bits per heavy atom. The molecule has 5 amide bonds. The summed E-state index contributed by atoms with van der Waals surface area (Å²) in [6.07, 6.45) is -2.75. The minimum atomic E-state index is -1.88. The number of aliphatic carboxylic acids is 3. The average Bonchev–Trinajstić information content (AvgIpc) is 2.83. The number of carboxylic acid groups (broad SMARTS) is 3. The standard InChI is InChI=1S/C23H27N3O11/c27-17-12-18(28)26(16(21(33)34)9-10-19(29)30)23(36)25(17)15(20(31)32)8-4-5-11-24-22(35)37-13-14-6-2-1-3-7-14/h1-3,6-7,15-16H,4-5,8-13H2,(H,24,35)(H,29,30)(H,31,32)(H,33,34)/t15-,16-/m0/s1. The third-order valence-corrected chi connectivity index (χ3v) is 5.46. The van der Waals surface area contributed by atoms with E-state index in [1.807, 2.05) is 6.07 Å². The Bertz CT molecular complexity index is 1040. The van der Waals surface area contributed by atoms with Crippen LogP contribution in [0.1, 0.15) is 44.1 Å². The number of hydrogen-bond acceptors (Lipinski definition) is 8. The molecule has 1 aromatic rings. The topological polar surface area (TPSA) is 208 Å². The second-order valence-corrected chi connectivity index (χ2v) is 8.11. The van der Waals surface area contributed by atoms with Gasteiger partial charge < -0.3 is 25.4 Å². The third kappa shape index (κ3) is 8.30. The van der Waals surface area contributed by atoms with Crippen LogP contribution in [-0.4, -0.2) is 85.6 Å². The van der Waals surface area contributed by atoms with E-state index in [1.54, 1.807) is 24.3 Å². The minimum Gasteiger partial charge on any atom is -0.481 e. The predicted octanol–water partition coefficient (Wildman–Crippen LogP) is 1.04. The number of urea groups is 1. The first kappa shape index (κ1) is 28.7. The molecule has 2 rings (SSSR count). The van der Waals surface area contributed by atoms with Gasteiger partial charge >= 0.3 is 30.0 Å². The summed E-state index contributed by atoms with van der Waals surface area (Å²) in [6.45, 7) is 0.175. The van der Waals surface area contributed by atoms with Gasteiger partial charge in [-0.2, -0.15) is 0 Å². The normalized spacial score (nSPS) is 15.2. The lowest BCUT2D eigenvalue weighted by Gasteiger charge is -2.38. The fraction of sp³-hybridized carbons (Fsp3) is 0.435. The minimum absolute atomic E-state index is 0.0615. The van der Waals surface area contributed by atoms with Gasteiger partial charge in [0.1, 0.15) is 25.1 Å². The number of barbiturate groups is 1. The van der Waals surface area contributed by atoms with Crippen molar-refractivity contribution < 1.29 is 53.6 Å². The van der Waals surface area contributed by atoms with Gasteiger partial charge in [-0.25, -0.2) is 29.0 Å². The number of alkyl carbamates (subject to hydrolysis) is 1. The van der Waals surface area contributed by atoms with Crippen molar-refractivity contribution in [1.29, 1.82) is 0 Å². The molecule has 2 atom stereocenters.